The van der Waals surface area contributed by atoms with E-state index in [1.165, 1.54) is 22.3 Å². The Morgan fingerprint density at radius 3 is 2.55 bits per heavy atom. The van der Waals surface area contributed by atoms with Crippen molar-refractivity contribution in [3.63, 3.8) is 0 Å². The molecule has 0 spiro atoms. The van der Waals surface area contributed by atoms with Crippen LogP contribution < -0.4 is 4.90 Å². The fourth-order valence-corrected chi connectivity index (χ4v) is 8.00. The third-order valence-corrected chi connectivity index (χ3v) is 9.79. The van der Waals surface area contributed by atoms with Crippen molar-refractivity contribution in [2.75, 3.05) is 24.3 Å². The standard InChI is InChI=1S/C28H34BrNO3/c1-27-15-23(17-4-7-19(8-5-17)30(2)3)26-21-11-9-20(31)14-18(21)6-10-22(26)24(27)12-13-28(27,33)25(32)16-29/h4-5,7-8,14,22-24,33H,6,9-13,15-16H2,1-3H3/t22-,23+,24-,27-,28-/m0/s1. The van der Waals surface area contributed by atoms with Crippen LogP contribution >= 0.6 is 15.9 Å². The number of carbonyl (C=O) groups excluding carboxylic acids is 2. The SMILES string of the molecule is CN(C)c1ccc([C@H]2C[C@@]3(C)[C@@H](CC[C@]3(O)C(=O)CBr)[C@@H]3CCC4=CC(=O)CCC4=C32)cc1. The number of aliphatic hydroxyl groups is 1. The van der Waals surface area contributed by atoms with Gasteiger partial charge in [-0.25, -0.2) is 0 Å². The number of ketones is 2. The van der Waals surface area contributed by atoms with Crippen LogP contribution in [-0.4, -0.2) is 41.7 Å². The Morgan fingerprint density at radius 1 is 1.15 bits per heavy atom. The molecule has 5 heteroatoms. The molecule has 0 bridgehead atoms. The summed E-state index contributed by atoms with van der Waals surface area (Å²) in [6.07, 6.45) is 7.45. The fourth-order valence-electron chi connectivity index (χ4n) is 7.54. The summed E-state index contributed by atoms with van der Waals surface area (Å²) in [5, 5.41) is 12.0. The topological polar surface area (TPSA) is 57.6 Å². The molecule has 2 saturated carbocycles. The Balaban J connectivity index is 1.66. The molecule has 0 heterocycles. The maximum absolute atomic E-state index is 13.0. The van der Waals surface area contributed by atoms with Gasteiger partial charge in [0.15, 0.2) is 11.6 Å². The Hall–Kier alpha value is -1.72. The average Bonchev–Trinajstić information content (AvgIpc) is 3.09. The first-order chi connectivity index (χ1) is 15.7. The molecule has 4 aliphatic carbocycles. The minimum absolute atomic E-state index is 0.0787. The van der Waals surface area contributed by atoms with Gasteiger partial charge in [0.1, 0.15) is 5.60 Å². The van der Waals surface area contributed by atoms with Gasteiger partial charge in [-0.3, -0.25) is 9.59 Å². The van der Waals surface area contributed by atoms with Gasteiger partial charge in [-0.1, -0.05) is 40.6 Å². The lowest BCUT2D eigenvalue weighted by Crippen LogP contribution is -2.56. The smallest absolute Gasteiger partial charge is 0.175 e. The van der Waals surface area contributed by atoms with E-state index < -0.39 is 11.0 Å². The van der Waals surface area contributed by atoms with Gasteiger partial charge in [-0.05, 0) is 85.3 Å². The Labute approximate surface area is 205 Å². The Kier molecular flexibility index (Phi) is 5.72. The van der Waals surface area contributed by atoms with Crippen LogP contribution in [0.3, 0.4) is 0 Å². The van der Waals surface area contributed by atoms with E-state index in [4.69, 9.17) is 0 Å². The van der Waals surface area contributed by atoms with Gasteiger partial charge >= 0.3 is 0 Å². The van der Waals surface area contributed by atoms with E-state index in [-0.39, 0.29) is 22.8 Å². The lowest BCUT2D eigenvalue weighted by Gasteiger charge is -2.54. The van der Waals surface area contributed by atoms with Gasteiger partial charge in [-0.2, -0.15) is 0 Å². The highest BCUT2D eigenvalue weighted by Crippen LogP contribution is 2.67. The van der Waals surface area contributed by atoms with Gasteiger partial charge in [0.05, 0.1) is 5.33 Å². The number of nitrogens with zero attached hydrogens (tertiary/aromatic N) is 1. The number of rotatable bonds is 4. The third-order valence-electron chi connectivity index (χ3n) is 9.28. The van der Waals surface area contributed by atoms with E-state index in [1.54, 1.807) is 0 Å². The summed E-state index contributed by atoms with van der Waals surface area (Å²) < 4.78 is 0. The van der Waals surface area contributed by atoms with E-state index in [2.05, 4.69) is 52.0 Å². The molecule has 0 saturated heterocycles. The number of fused-ring (bicyclic) bond motifs is 4. The Morgan fingerprint density at radius 2 is 1.88 bits per heavy atom. The normalized spacial score (nSPS) is 35.5. The lowest BCUT2D eigenvalue weighted by atomic mass is 9.51. The van der Waals surface area contributed by atoms with Gasteiger partial charge in [0, 0.05) is 37.5 Å². The second-order valence-corrected chi connectivity index (χ2v) is 11.5. The number of anilines is 1. The number of allylic oxidation sites excluding steroid dienone is 4. The van der Waals surface area contributed by atoms with Crippen molar-refractivity contribution in [2.45, 2.75) is 63.4 Å². The number of Topliss-reactive ketones (excluding diaryl/α,β-unsaturated/α-hetero) is 1. The van der Waals surface area contributed by atoms with Crippen molar-refractivity contribution in [2.24, 2.45) is 17.3 Å². The molecule has 176 valence electrons. The molecular formula is C28H34BrNO3. The van der Waals surface area contributed by atoms with Gasteiger partial charge in [-0.15, -0.1) is 0 Å². The second kappa shape index (κ2) is 8.20. The van der Waals surface area contributed by atoms with Crippen LogP contribution in [0.1, 0.15) is 63.4 Å². The van der Waals surface area contributed by atoms with Crippen LogP contribution in [0, 0.1) is 17.3 Å². The molecule has 0 aromatic heterocycles. The zero-order valence-electron chi connectivity index (χ0n) is 19.9. The summed E-state index contributed by atoms with van der Waals surface area (Å²) in [6.45, 7) is 2.17. The number of hydrogen-bond donors (Lipinski definition) is 1. The highest BCUT2D eigenvalue weighted by atomic mass is 79.9. The van der Waals surface area contributed by atoms with Crippen molar-refractivity contribution in [3.8, 4) is 0 Å². The quantitative estimate of drug-likeness (QED) is 0.553. The first-order valence-electron chi connectivity index (χ1n) is 12.2. The molecule has 1 aromatic rings. The van der Waals surface area contributed by atoms with Gasteiger partial charge in [0.25, 0.3) is 0 Å². The number of carbonyl (C=O) groups is 2. The number of benzene rings is 1. The summed E-state index contributed by atoms with van der Waals surface area (Å²) in [4.78, 5) is 27.3. The highest BCUT2D eigenvalue weighted by Gasteiger charge is 2.65. The van der Waals surface area contributed by atoms with Crippen LogP contribution in [-0.2, 0) is 9.59 Å². The second-order valence-electron chi connectivity index (χ2n) is 10.9. The van der Waals surface area contributed by atoms with Crippen molar-refractivity contribution >= 4 is 33.2 Å². The zero-order chi connectivity index (χ0) is 23.5. The number of hydrogen-bond acceptors (Lipinski definition) is 4. The van der Waals surface area contributed by atoms with E-state index >= 15 is 0 Å². The van der Waals surface area contributed by atoms with Crippen molar-refractivity contribution < 1.29 is 14.7 Å². The lowest BCUT2D eigenvalue weighted by molar-refractivity contribution is -0.152. The largest absolute Gasteiger partial charge is 0.381 e. The van der Waals surface area contributed by atoms with Crippen molar-refractivity contribution in [1.29, 1.82) is 0 Å². The predicted molar refractivity (Wildman–Crippen MR) is 135 cm³/mol. The van der Waals surface area contributed by atoms with E-state index in [0.29, 0.717) is 24.7 Å². The summed E-state index contributed by atoms with van der Waals surface area (Å²) >= 11 is 3.34. The average molecular weight is 512 g/mol. The summed E-state index contributed by atoms with van der Waals surface area (Å²) in [7, 11) is 4.09. The monoisotopic (exact) mass is 511 g/mol. The molecule has 1 N–H and O–H groups in total. The third kappa shape index (κ3) is 3.41. The molecular weight excluding hydrogens is 478 g/mol. The van der Waals surface area contributed by atoms with Gasteiger partial charge in [0.2, 0.25) is 0 Å². The van der Waals surface area contributed by atoms with E-state index in [1.807, 2.05) is 20.2 Å². The maximum atomic E-state index is 13.0. The molecule has 5 atom stereocenters. The summed E-state index contributed by atoms with van der Waals surface area (Å²) in [6, 6.07) is 8.78. The molecule has 5 rings (SSSR count). The van der Waals surface area contributed by atoms with Crippen LogP contribution in [0.4, 0.5) is 5.69 Å². The molecule has 33 heavy (non-hydrogen) atoms. The maximum Gasteiger partial charge on any atom is 0.175 e. The molecule has 0 radical (unpaired) electrons. The zero-order valence-corrected chi connectivity index (χ0v) is 21.5. The van der Waals surface area contributed by atoms with E-state index in [9.17, 15) is 14.7 Å². The van der Waals surface area contributed by atoms with Gasteiger partial charge < -0.3 is 10.0 Å². The molecule has 2 fully saturated rings. The minimum atomic E-state index is -1.28. The summed E-state index contributed by atoms with van der Waals surface area (Å²) in [5.41, 5.74) is 4.81. The number of alkyl halides is 1. The first kappa shape index (κ1) is 23.0. The van der Waals surface area contributed by atoms with Crippen molar-refractivity contribution in [1.82, 2.24) is 0 Å². The summed E-state index contributed by atoms with van der Waals surface area (Å²) in [5.74, 6) is 0.986. The molecule has 0 amide bonds. The minimum Gasteiger partial charge on any atom is -0.381 e. The van der Waals surface area contributed by atoms with Crippen molar-refractivity contribution in [3.05, 3.63) is 52.6 Å². The number of halogens is 1. The van der Waals surface area contributed by atoms with Crippen LogP contribution in [0.5, 0.6) is 0 Å². The highest BCUT2D eigenvalue weighted by molar-refractivity contribution is 9.09. The van der Waals surface area contributed by atoms with E-state index in [0.717, 1.165) is 37.8 Å². The van der Waals surface area contributed by atoms with Crippen LogP contribution in [0.25, 0.3) is 0 Å². The molecule has 0 aliphatic heterocycles. The molecule has 0 unspecified atom stereocenters. The fraction of sp³-hybridized carbons (Fsp3) is 0.571. The molecule has 4 nitrogen and oxygen atoms in total. The first-order valence-corrected chi connectivity index (χ1v) is 13.4. The van der Waals surface area contributed by atoms with Crippen LogP contribution in [0.15, 0.2) is 47.1 Å². The Bertz CT molecular complexity index is 1060. The predicted octanol–water partition coefficient (Wildman–Crippen LogP) is 5.35. The molecule has 1 aromatic carbocycles. The van der Waals surface area contributed by atoms with Crippen LogP contribution in [0.2, 0.25) is 0 Å². The molecule has 4 aliphatic rings.